The van der Waals surface area contributed by atoms with Gasteiger partial charge in [-0.2, -0.15) is 0 Å². The monoisotopic (exact) mass is 597 g/mol. The smallest absolute Gasteiger partial charge is 0.264 e. The van der Waals surface area contributed by atoms with E-state index in [4.69, 9.17) is 4.74 Å². The average Bonchev–Trinajstić information content (AvgIpc) is 3.32. The van der Waals surface area contributed by atoms with Crippen LogP contribution < -0.4 is 14.8 Å². The van der Waals surface area contributed by atoms with E-state index < -0.39 is 15.9 Å². The van der Waals surface area contributed by atoms with Crippen LogP contribution in [0.1, 0.15) is 22.3 Å². The van der Waals surface area contributed by atoms with Crippen molar-refractivity contribution >= 4 is 50.5 Å². The zero-order valence-corrected chi connectivity index (χ0v) is 24.2. The number of thioether (sulfide) groups is 1. The van der Waals surface area contributed by atoms with Gasteiger partial charge in [0.05, 0.1) is 21.9 Å². The first-order valence-corrected chi connectivity index (χ1v) is 15.3. The van der Waals surface area contributed by atoms with Gasteiger partial charge in [0.15, 0.2) is 5.17 Å². The highest BCUT2D eigenvalue weighted by Crippen LogP contribution is 2.31. The number of rotatable bonds is 9. The Morgan fingerprint density at radius 2 is 1.60 bits per heavy atom. The van der Waals surface area contributed by atoms with Gasteiger partial charge < -0.3 is 10.1 Å². The van der Waals surface area contributed by atoms with E-state index in [0.29, 0.717) is 33.7 Å². The molecule has 0 unspecified atom stereocenters. The summed E-state index contributed by atoms with van der Waals surface area (Å²) in [4.78, 5) is 30.1. The Bertz CT molecular complexity index is 1770. The topological polar surface area (TPSA) is 114 Å². The molecule has 5 rings (SSSR count). The lowest BCUT2D eigenvalue weighted by molar-refractivity contribution is -0.118. The summed E-state index contributed by atoms with van der Waals surface area (Å²) in [6.07, 6.45) is 1.65. The summed E-state index contributed by atoms with van der Waals surface area (Å²) >= 11 is 1.22. The van der Waals surface area contributed by atoms with Gasteiger partial charge >= 0.3 is 0 Å². The standard InChI is InChI=1S/C32H27N3O5S2/c1-22-11-17-27(18-12-22)42(38,39)35-30(36)19-23-13-15-26(16-14-23)33-32-34-31(37)29(41-32)20-25-9-5-6-10-28(25)40-21-24-7-3-2-4-8-24/h2-18,20H,19,21H2,1H3,(H,35,36)(H,33,34,37)/b29-20+. The average molecular weight is 598 g/mol. The molecule has 212 valence electrons. The molecule has 42 heavy (non-hydrogen) atoms. The van der Waals surface area contributed by atoms with Gasteiger partial charge in [0.25, 0.3) is 15.9 Å². The molecule has 0 atom stereocenters. The largest absolute Gasteiger partial charge is 0.488 e. The third kappa shape index (κ3) is 7.54. The molecule has 0 radical (unpaired) electrons. The number of carbonyl (C=O) groups is 2. The summed E-state index contributed by atoms with van der Waals surface area (Å²) in [5, 5.41) is 3.20. The number of amides is 2. The van der Waals surface area contributed by atoms with Crippen LogP contribution in [0.25, 0.3) is 6.08 Å². The van der Waals surface area contributed by atoms with Crippen molar-refractivity contribution in [2.45, 2.75) is 24.8 Å². The van der Waals surface area contributed by atoms with Gasteiger partial charge in [0.2, 0.25) is 5.91 Å². The number of carbonyl (C=O) groups excluding carboxylic acids is 2. The van der Waals surface area contributed by atoms with Crippen LogP contribution in [0, 0.1) is 6.92 Å². The van der Waals surface area contributed by atoms with Crippen LogP contribution in [0.2, 0.25) is 0 Å². The van der Waals surface area contributed by atoms with Gasteiger partial charge in [0, 0.05) is 5.56 Å². The molecule has 2 N–H and O–H groups in total. The van der Waals surface area contributed by atoms with E-state index in [2.05, 4.69) is 15.0 Å². The first-order chi connectivity index (χ1) is 20.2. The first-order valence-electron chi connectivity index (χ1n) is 13.0. The number of aryl methyl sites for hydroxylation is 1. The van der Waals surface area contributed by atoms with Crippen molar-refractivity contribution in [2.75, 3.05) is 0 Å². The van der Waals surface area contributed by atoms with Gasteiger partial charge in [-0.05, 0) is 66.2 Å². The fraction of sp³-hybridized carbons (Fsp3) is 0.0938. The maximum Gasteiger partial charge on any atom is 0.264 e. The Hall–Kier alpha value is -4.67. The quantitative estimate of drug-likeness (QED) is 0.246. The summed E-state index contributed by atoms with van der Waals surface area (Å²) in [6.45, 7) is 2.26. The molecular weight excluding hydrogens is 571 g/mol. The predicted molar refractivity (Wildman–Crippen MR) is 165 cm³/mol. The molecule has 0 aromatic heterocycles. The summed E-state index contributed by atoms with van der Waals surface area (Å²) in [7, 11) is -3.95. The van der Waals surface area contributed by atoms with Gasteiger partial charge in [-0.25, -0.2) is 18.1 Å². The second-order valence-corrected chi connectivity index (χ2v) is 12.2. The van der Waals surface area contributed by atoms with Crippen molar-refractivity contribution in [1.29, 1.82) is 0 Å². The summed E-state index contributed by atoms with van der Waals surface area (Å²) < 4.78 is 33.1. The highest BCUT2D eigenvalue weighted by molar-refractivity contribution is 8.18. The second-order valence-electron chi connectivity index (χ2n) is 9.48. The summed E-state index contributed by atoms with van der Waals surface area (Å²) in [6, 6.07) is 30.4. The van der Waals surface area contributed by atoms with Crippen molar-refractivity contribution < 1.29 is 22.7 Å². The van der Waals surface area contributed by atoms with Crippen LogP contribution in [0.4, 0.5) is 5.69 Å². The predicted octanol–water partition coefficient (Wildman–Crippen LogP) is 5.51. The molecule has 1 saturated heterocycles. The minimum Gasteiger partial charge on any atom is -0.488 e. The number of amidine groups is 1. The van der Waals surface area contributed by atoms with Crippen LogP contribution in [0.15, 0.2) is 118 Å². The lowest BCUT2D eigenvalue weighted by Gasteiger charge is -2.09. The molecule has 4 aromatic rings. The maximum atomic E-state index is 12.7. The highest BCUT2D eigenvalue weighted by atomic mass is 32.2. The summed E-state index contributed by atoms with van der Waals surface area (Å²) in [5.74, 6) is -0.241. The van der Waals surface area contributed by atoms with Crippen molar-refractivity contribution in [3.05, 3.63) is 130 Å². The van der Waals surface area contributed by atoms with E-state index in [-0.39, 0.29) is 17.2 Å². The fourth-order valence-corrected chi connectivity index (χ4v) is 5.86. The van der Waals surface area contributed by atoms with Crippen molar-refractivity contribution in [3.8, 4) is 5.75 Å². The molecule has 4 aromatic carbocycles. The number of aliphatic imine (C=N–C) groups is 1. The number of nitrogens with zero attached hydrogens (tertiary/aromatic N) is 1. The van der Waals surface area contributed by atoms with Crippen LogP contribution >= 0.6 is 11.8 Å². The van der Waals surface area contributed by atoms with Crippen LogP contribution in [-0.2, 0) is 32.6 Å². The molecule has 2 amide bonds. The van der Waals surface area contributed by atoms with Gasteiger partial charge in [0.1, 0.15) is 12.4 Å². The zero-order chi connectivity index (χ0) is 29.5. The maximum absolute atomic E-state index is 12.7. The Morgan fingerprint density at radius 1 is 0.905 bits per heavy atom. The number of para-hydroxylation sites is 1. The lowest BCUT2D eigenvalue weighted by Crippen LogP contribution is -2.31. The molecule has 8 nitrogen and oxygen atoms in total. The molecule has 1 aliphatic rings. The molecule has 0 bridgehead atoms. The molecule has 0 aliphatic carbocycles. The third-order valence-corrected chi connectivity index (χ3v) is 8.50. The molecule has 1 aliphatic heterocycles. The van der Waals surface area contributed by atoms with Gasteiger partial charge in [-0.1, -0.05) is 78.4 Å². The normalized spacial score (nSPS) is 15.0. The lowest BCUT2D eigenvalue weighted by atomic mass is 10.1. The van der Waals surface area contributed by atoms with E-state index in [1.165, 1.54) is 23.9 Å². The Labute approximate surface area is 248 Å². The fourth-order valence-electron chi connectivity index (χ4n) is 4.04. The van der Waals surface area contributed by atoms with Crippen LogP contribution in [0.3, 0.4) is 0 Å². The molecule has 0 spiro atoms. The Morgan fingerprint density at radius 3 is 2.33 bits per heavy atom. The van der Waals surface area contributed by atoms with Crippen molar-refractivity contribution in [2.24, 2.45) is 4.99 Å². The van der Waals surface area contributed by atoms with E-state index >= 15 is 0 Å². The molecule has 1 fully saturated rings. The minimum absolute atomic E-state index is 0.0281. The molecule has 0 saturated carbocycles. The number of hydrogen-bond acceptors (Lipinski definition) is 7. The van der Waals surface area contributed by atoms with Crippen LogP contribution in [-0.4, -0.2) is 25.4 Å². The number of hydrogen-bond donors (Lipinski definition) is 2. The third-order valence-electron chi connectivity index (χ3n) is 6.20. The second kappa shape index (κ2) is 12.9. The number of nitrogens with one attached hydrogen (secondary N) is 2. The van der Waals surface area contributed by atoms with Gasteiger partial charge in [-0.3, -0.25) is 9.59 Å². The Kier molecular flexibility index (Phi) is 8.85. The Balaban J connectivity index is 1.21. The van der Waals surface area contributed by atoms with Crippen molar-refractivity contribution in [1.82, 2.24) is 10.0 Å². The summed E-state index contributed by atoms with van der Waals surface area (Å²) in [5.41, 5.74) is 3.93. The van der Waals surface area contributed by atoms with E-state index in [1.54, 1.807) is 42.5 Å². The zero-order valence-electron chi connectivity index (χ0n) is 22.6. The van der Waals surface area contributed by atoms with Gasteiger partial charge in [-0.15, -0.1) is 0 Å². The molecule has 10 heteroatoms. The minimum atomic E-state index is -3.95. The SMILES string of the molecule is Cc1ccc(S(=O)(=O)NC(=O)Cc2ccc(N=C3NC(=O)/C(=C\c4ccccc4OCc4ccccc4)S3)cc2)cc1. The van der Waals surface area contributed by atoms with E-state index in [1.807, 2.05) is 61.5 Å². The van der Waals surface area contributed by atoms with Crippen LogP contribution in [0.5, 0.6) is 5.75 Å². The van der Waals surface area contributed by atoms with E-state index in [9.17, 15) is 18.0 Å². The molecular formula is C32H27N3O5S2. The first kappa shape index (κ1) is 28.8. The van der Waals surface area contributed by atoms with Crippen molar-refractivity contribution in [3.63, 3.8) is 0 Å². The molecule has 1 heterocycles. The number of ether oxygens (including phenoxy) is 1. The van der Waals surface area contributed by atoms with E-state index in [0.717, 1.165) is 16.7 Å². The highest BCUT2D eigenvalue weighted by Gasteiger charge is 2.24. The number of benzene rings is 4. The number of sulfonamides is 1.